The second-order valence-electron chi connectivity index (χ2n) is 3.54. The van der Waals surface area contributed by atoms with Gasteiger partial charge in [0.2, 0.25) is 0 Å². The molecule has 16 heavy (non-hydrogen) atoms. The lowest BCUT2D eigenvalue weighted by Crippen LogP contribution is -2.22. The quantitative estimate of drug-likeness (QED) is 0.774. The van der Waals surface area contributed by atoms with E-state index in [0.29, 0.717) is 0 Å². The van der Waals surface area contributed by atoms with Gasteiger partial charge < -0.3 is 0 Å². The Morgan fingerprint density at radius 3 is 1.38 bits per heavy atom. The number of hydroxylamine groups is 2. The van der Waals surface area contributed by atoms with E-state index >= 15 is 0 Å². The summed E-state index contributed by atoms with van der Waals surface area (Å²) in [5.41, 5.74) is 1.66. The molecular formula is C13H13NO2. The van der Waals surface area contributed by atoms with E-state index in [1.807, 2.05) is 60.7 Å². The minimum absolute atomic E-state index is 0.241. The van der Waals surface area contributed by atoms with E-state index in [4.69, 9.17) is 0 Å². The van der Waals surface area contributed by atoms with Gasteiger partial charge in [-0.15, -0.1) is 0 Å². The van der Waals surface area contributed by atoms with Gasteiger partial charge in [0.15, 0.2) is 0 Å². The van der Waals surface area contributed by atoms with Crippen molar-refractivity contribution in [2.24, 2.45) is 0 Å². The molecule has 0 aliphatic heterocycles. The maximum Gasteiger partial charge on any atom is 0.112 e. The maximum atomic E-state index is 9.31. The predicted molar refractivity (Wildman–Crippen MR) is 60.1 cm³/mol. The fraction of sp³-hybridized carbons (Fsp3) is 0.0769. The van der Waals surface area contributed by atoms with Gasteiger partial charge in [-0.25, -0.2) is 0 Å². The normalized spacial score (nSPS) is 11.0. The van der Waals surface area contributed by atoms with Gasteiger partial charge in [0, 0.05) is 0 Å². The van der Waals surface area contributed by atoms with Crippen LogP contribution in [0.3, 0.4) is 0 Å². The lowest BCUT2D eigenvalue weighted by molar-refractivity contribution is -0.326. The van der Waals surface area contributed by atoms with Crippen LogP contribution in [0.5, 0.6) is 0 Å². The van der Waals surface area contributed by atoms with Gasteiger partial charge in [-0.3, -0.25) is 10.4 Å². The van der Waals surface area contributed by atoms with E-state index in [1.54, 1.807) is 0 Å². The van der Waals surface area contributed by atoms with E-state index in [9.17, 15) is 10.4 Å². The first kappa shape index (κ1) is 10.8. The van der Waals surface area contributed by atoms with Crippen LogP contribution < -0.4 is 0 Å². The van der Waals surface area contributed by atoms with E-state index in [2.05, 4.69) is 0 Å². The summed E-state index contributed by atoms with van der Waals surface area (Å²) < 4.78 is 0. The summed E-state index contributed by atoms with van der Waals surface area (Å²) in [4.78, 5) is 0. The maximum absolute atomic E-state index is 9.31. The molecule has 0 aliphatic rings. The van der Waals surface area contributed by atoms with Crippen molar-refractivity contribution in [3.8, 4) is 0 Å². The molecule has 0 aliphatic carbocycles. The van der Waals surface area contributed by atoms with Gasteiger partial charge >= 0.3 is 0 Å². The third kappa shape index (κ3) is 2.28. The Morgan fingerprint density at radius 2 is 1.06 bits per heavy atom. The molecule has 0 spiro atoms. The zero-order valence-electron chi connectivity index (χ0n) is 8.69. The molecule has 0 fully saturated rings. The minimum atomic E-state index is -0.553. The highest BCUT2D eigenvalue weighted by atomic mass is 16.8. The van der Waals surface area contributed by atoms with Crippen molar-refractivity contribution in [1.82, 2.24) is 5.23 Å². The van der Waals surface area contributed by atoms with Gasteiger partial charge in [0.25, 0.3) is 0 Å². The molecule has 0 bridgehead atoms. The zero-order chi connectivity index (χ0) is 11.4. The van der Waals surface area contributed by atoms with Crippen LogP contribution >= 0.6 is 0 Å². The molecule has 2 aromatic rings. The average Bonchev–Trinajstić information content (AvgIpc) is 2.31. The third-order valence-electron chi connectivity index (χ3n) is 2.46. The number of hydrogen-bond acceptors (Lipinski definition) is 3. The van der Waals surface area contributed by atoms with Crippen molar-refractivity contribution in [3.05, 3.63) is 71.8 Å². The fourth-order valence-corrected chi connectivity index (χ4v) is 1.73. The number of benzene rings is 2. The van der Waals surface area contributed by atoms with Gasteiger partial charge in [-0.05, 0) is 11.1 Å². The van der Waals surface area contributed by atoms with Crippen LogP contribution in [-0.4, -0.2) is 15.6 Å². The van der Waals surface area contributed by atoms with Crippen LogP contribution in [0.4, 0.5) is 0 Å². The molecule has 0 heterocycles. The topological polar surface area (TPSA) is 43.7 Å². The summed E-state index contributed by atoms with van der Waals surface area (Å²) in [6, 6.07) is 18.1. The SMILES string of the molecule is ON(O)C(c1ccccc1)c1ccccc1. The third-order valence-corrected chi connectivity index (χ3v) is 2.46. The molecule has 2 aromatic carbocycles. The first-order valence-corrected chi connectivity index (χ1v) is 5.06. The van der Waals surface area contributed by atoms with Crippen molar-refractivity contribution < 1.29 is 10.4 Å². The first-order valence-electron chi connectivity index (χ1n) is 5.06. The molecule has 0 amide bonds. The highest BCUT2D eigenvalue weighted by Gasteiger charge is 2.18. The van der Waals surface area contributed by atoms with Crippen molar-refractivity contribution >= 4 is 0 Å². The Hall–Kier alpha value is -1.68. The largest absolute Gasteiger partial charge is 0.289 e. The Bertz CT molecular complexity index is 389. The Morgan fingerprint density at radius 1 is 0.688 bits per heavy atom. The van der Waals surface area contributed by atoms with Gasteiger partial charge in [0.05, 0.1) is 0 Å². The molecule has 0 aromatic heterocycles. The second kappa shape index (κ2) is 4.90. The average molecular weight is 215 g/mol. The fourth-order valence-electron chi connectivity index (χ4n) is 1.73. The Balaban J connectivity index is 2.40. The molecule has 3 heteroatoms. The smallest absolute Gasteiger partial charge is 0.112 e. The van der Waals surface area contributed by atoms with Crippen LogP contribution in [0.15, 0.2) is 60.7 Å². The minimum Gasteiger partial charge on any atom is -0.289 e. The van der Waals surface area contributed by atoms with E-state index in [1.165, 1.54) is 0 Å². The van der Waals surface area contributed by atoms with Crippen LogP contribution in [0, 0.1) is 0 Å². The number of rotatable bonds is 3. The number of hydrogen-bond donors (Lipinski definition) is 2. The summed E-state index contributed by atoms with van der Waals surface area (Å²) in [6.45, 7) is 0. The lowest BCUT2D eigenvalue weighted by Gasteiger charge is -2.21. The predicted octanol–water partition coefficient (Wildman–Crippen LogP) is 2.86. The van der Waals surface area contributed by atoms with E-state index < -0.39 is 6.04 Å². The molecule has 3 nitrogen and oxygen atoms in total. The summed E-state index contributed by atoms with van der Waals surface area (Å²) in [5.74, 6) is 0. The molecule has 0 unspecified atom stereocenters. The second-order valence-corrected chi connectivity index (χ2v) is 3.54. The van der Waals surface area contributed by atoms with Crippen molar-refractivity contribution in [3.63, 3.8) is 0 Å². The molecule has 2 rings (SSSR count). The van der Waals surface area contributed by atoms with Gasteiger partial charge in [0.1, 0.15) is 6.04 Å². The molecule has 82 valence electrons. The zero-order valence-corrected chi connectivity index (χ0v) is 8.69. The van der Waals surface area contributed by atoms with Crippen molar-refractivity contribution in [1.29, 1.82) is 0 Å². The van der Waals surface area contributed by atoms with Crippen LogP contribution in [0.2, 0.25) is 0 Å². The van der Waals surface area contributed by atoms with Gasteiger partial charge in [-0.1, -0.05) is 65.9 Å². The van der Waals surface area contributed by atoms with E-state index in [-0.39, 0.29) is 5.23 Å². The van der Waals surface area contributed by atoms with Crippen LogP contribution in [0.25, 0.3) is 0 Å². The molecule has 0 saturated heterocycles. The summed E-state index contributed by atoms with van der Waals surface area (Å²) in [5, 5.41) is 18.9. The molecule has 0 saturated carbocycles. The monoisotopic (exact) mass is 215 g/mol. The summed E-state index contributed by atoms with van der Waals surface area (Å²) in [6.07, 6.45) is 0. The van der Waals surface area contributed by atoms with Crippen LogP contribution in [0.1, 0.15) is 17.2 Å². The first-order chi connectivity index (χ1) is 7.79. The Labute approximate surface area is 94.1 Å². The lowest BCUT2D eigenvalue weighted by atomic mass is 9.99. The van der Waals surface area contributed by atoms with Gasteiger partial charge in [-0.2, -0.15) is 0 Å². The summed E-state index contributed by atoms with van der Waals surface area (Å²) in [7, 11) is 0. The summed E-state index contributed by atoms with van der Waals surface area (Å²) >= 11 is 0. The van der Waals surface area contributed by atoms with Crippen molar-refractivity contribution in [2.45, 2.75) is 6.04 Å². The molecular weight excluding hydrogens is 202 g/mol. The van der Waals surface area contributed by atoms with Crippen molar-refractivity contribution in [2.75, 3.05) is 0 Å². The number of nitrogens with zero attached hydrogens (tertiary/aromatic N) is 1. The standard InChI is InChI=1S/C13H13NO2/c15-14(16)13(11-7-3-1-4-8-11)12-9-5-2-6-10-12/h1-10,13,15-16H. The van der Waals surface area contributed by atoms with Crippen LogP contribution in [-0.2, 0) is 0 Å². The molecule has 2 N–H and O–H groups in total. The van der Waals surface area contributed by atoms with E-state index in [0.717, 1.165) is 11.1 Å². The highest BCUT2D eigenvalue weighted by Crippen LogP contribution is 2.25. The Kier molecular flexibility index (Phi) is 3.31. The highest BCUT2D eigenvalue weighted by molar-refractivity contribution is 5.30. The molecule has 0 atom stereocenters. The molecule has 0 radical (unpaired) electrons.